The molecule has 1 unspecified atom stereocenters. The summed E-state index contributed by atoms with van der Waals surface area (Å²) in [7, 11) is 0. The number of fused-ring (bicyclic) bond motifs is 1. The van der Waals surface area contributed by atoms with Crippen molar-refractivity contribution in [3.8, 4) is 0 Å². The summed E-state index contributed by atoms with van der Waals surface area (Å²) in [5, 5.41) is 17.3. The molecular formula is C16H18N4O. The van der Waals surface area contributed by atoms with Crippen LogP contribution >= 0.6 is 0 Å². The Hall–Kier alpha value is -2.40. The number of aliphatic hydroxyl groups excluding tert-OH is 1. The molecule has 2 aromatic heterocycles. The van der Waals surface area contributed by atoms with Crippen molar-refractivity contribution in [2.45, 2.75) is 12.8 Å². The summed E-state index contributed by atoms with van der Waals surface area (Å²) in [5.74, 6) is 0.824. The Labute approximate surface area is 123 Å². The van der Waals surface area contributed by atoms with Gasteiger partial charge < -0.3 is 10.4 Å². The van der Waals surface area contributed by atoms with E-state index in [1.165, 1.54) is 0 Å². The van der Waals surface area contributed by atoms with Gasteiger partial charge in [0.25, 0.3) is 0 Å². The molecule has 0 bridgehead atoms. The van der Waals surface area contributed by atoms with Crippen molar-refractivity contribution < 1.29 is 5.11 Å². The van der Waals surface area contributed by atoms with E-state index in [1.54, 1.807) is 10.7 Å². The van der Waals surface area contributed by atoms with Gasteiger partial charge in [0.2, 0.25) is 0 Å². The molecule has 3 aromatic rings. The van der Waals surface area contributed by atoms with Crippen LogP contribution in [0.4, 0.5) is 5.82 Å². The van der Waals surface area contributed by atoms with Gasteiger partial charge >= 0.3 is 0 Å². The largest absolute Gasteiger partial charge is 0.396 e. The lowest BCUT2D eigenvalue weighted by molar-refractivity contribution is 0.270. The quantitative estimate of drug-likeness (QED) is 0.753. The third-order valence-corrected chi connectivity index (χ3v) is 3.52. The second-order valence-corrected chi connectivity index (χ2v) is 5.06. The van der Waals surface area contributed by atoms with E-state index >= 15 is 0 Å². The van der Waals surface area contributed by atoms with Crippen molar-refractivity contribution in [3.05, 3.63) is 60.0 Å². The first-order chi connectivity index (χ1) is 10.3. The minimum absolute atomic E-state index is 0.0391. The van der Waals surface area contributed by atoms with Gasteiger partial charge in [0.05, 0.1) is 12.3 Å². The Kier molecular flexibility index (Phi) is 3.83. The summed E-state index contributed by atoms with van der Waals surface area (Å²) in [6.07, 6.45) is 3.55. The number of nitrogens with one attached hydrogen (secondary N) is 1. The predicted molar refractivity (Wildman–Crippen MR) is 82.5 cm³/mol. The van der Waals surface area contributed by atoms with E-state index in [0.29, 0.717) is 6.54 Å². The van der Waals surface area contributed by atoms with Gasteiger partial charge in [-0.1, -0.05) is 30.3 Å². The fourth-order valence-electron chi connectivity index (χ4n) is 2.41. The van der Waals surface area contributed by atoms with Crippen molar-refractivity contribution in [2.75, 3.05) is 18.5 Å². The molecule has 5 heteroatoms. The van der Waals surface area contributed by atoms with Crippen LogP contribution in [0.15, 0.2) is 48.8 Å². The summed E-state index contributed by atoms with van der Waals surface area (Å²) in [4.78, 5) is 4.37. The highest BCUT2D eigenvalue weighted by atomic mass is 16.3. The molecule has 1 atom stereocenters. The van der Waals surface area contributed by atoms with Crippen LogP contribution in [-0.4, -0.2) is 32.9 Å². The van der Waals surface area contributed by atoms with Gasteiger partial charge in [0, 0.05) is 24.9 Å². The Morgan fingerprint density at radius 3 is 2.86 bits per heavy atom. The van der Waals surface area contributed by atoms with Crippen molar-refractivity contribution in [1.29, 1.82) is 0 Å². The van der Waals surface area contributed by atoms with E-state index in [0.717, 1.165) is 22.6 Å². The SMILES string of the molecule is Cc1cc2c(NCC(CO)c3ccccc3)nccn2n1. The summed E-state index contributed by atoms with van der Waals surface area (Å²) in [6.45, 7) is 2.67. The number of hydrogen-bond donors (Lipinski definition) is 2. The van der Waals surface area contributed by atoms with Gasteiger partial charge in [-0.3, -0.25) is 0 Å². The van der Waals surface area contributed by atoms with Crippen LogP contribution < -0.4 is 5.32 Å². The molecule has 3 rings (SSSR count). The highest BCUT2D eigenvalue weighted by Gasteiger charge is 2.11. The van der Waals surface area contributed by atoms with E-state index < -0.39 is 0 Å². The van der Waals surface area contributed by atoms with Gasteiger partial charge in [-0.2, -0.15) is 5.10 Å². The topological polar surface area (TPSA) is 62.5 Å². The molecule has 0 saturated carbocycles. The fraction of sp³-hybridized carbons (Fsp3) is 0.250. The highest BCUT2D eigenvalue weighted by Crippen LogP contribution is 2.18. The van der Waals surface area contributed by atoms with Gasteiger partial charge in [0.15, 0.2) is 5.82 Å². The lowest BCUT2D eigenvalue weighted by atomic mass is 10.0. The van der Waals surface area contributed by atoms with Crippen LogP contribution in [0, 0.1) is 6.92 Å². The van der Waals surface area contributed by atoms with Gasteiger partial charge in [-0.15, -0.1) is 0 Å². The highest BCUT2D eigenvalue weighted by molar-refractivity contribution is 5.67. The molecule has 0 aliphatic rings. The van der Waals surface area contributed by atoms with E-state index in [9.17, 15) is 5.11 Å². The number of aliphatic hydroxyl groups is 1. The minimum atomic E-state index is 0.0391. The third-order valence-electron chi connectivity index (χ3n) is 3.52. The van der Waals surface area contributed by atoms with Crippen LogP contribution in [0.5, 0.6) is 0 Å². The number of hydrogen-bond acceptors (Lipinski definition) is 4. The van der Waals surface area contributed by atoms with Crippen LogP contribution in [0.3, 0.4) is 0 Å². The number of aryl methyl sites for hydroxylation is 1. The van der Waals surface area contributed by atoms with Gasteiger partial charge in [0.1, 0.15) is 5.52 Å². The van der Waals surface area contributed by atoms with Crippen molar-refractivity contribution >= 4 is 11.3 Å². The molecule has 2 heterocycles. The zero-order chi connectivity index (χ0) is 14.7. The first-order valence-electron chi connectivity index (χ1n) is 6.98. The molecule has 5 nitrogen and oxygen atoms in total. The average molecular weight is 282 g/mol. The van der Waals surface area contributed by atoms with Crippen LogP contribution in [0.25, 0.3) is 5.52 Å². The zero-order valence-electron chi connectivity index (χ0n) is 11.9. The maximum absolute atomic E-state index is 9.60. The van der Waals surface area contributed by atoms with Crippen LogP contribution in [0.2, 0.25) is 0 Å². The maximum Gasteiger partial charge on any atom is 0.152 e. The summed E-state index contributed by atoms with van der Waals surface area (Å²) in [5.41, 5.74) is 3.01. The standard InChI is InChI=1S/C16H18N4O/c1-12-9-15-16(17-7-8-20(15)19-12)18-10-14(11-21)13-5-3-2-4-6-13/h2-9,14,21H,10-11H2,1H3,(H,17,18). The normalized spacial score (nSPS) is 12.5. The smallest absolute Gasteiger partial charge is 0.152 e. The molecule has 0 aliphatic heterocycles. The second kappa shape index (κ2) is 5.93. The van der Waals surface area contributed by atoms with Crippen molar-refractivity contribution in [1.82, 2.24) is 14.6 Å². The van der Waals surface area contributed by atoms with E-state index in [4.69, 9.17) is 0 Å². The summed E-state index contributed by atoms with van der Waals surface area (Å²) >= 11 is 0. The molecule has 0 amide bonds. The van der Waals surface area contributed by atoms with Crippen molar-refractivity contribution in [3.63, 3.8) is 0 Å². The Morgan fingerprint density at radius 2 is 2.10 bits per heavy atom. The number of nitrogens with zero attached hydrogens (tertiary/aromatic N) is 3. The Balaban J connectivity index is 1.79. The Bertz CT molecular complexity index is 723. The lowest BCUT2D eigenvalue weighted by Crippen LogP contribution is -2.17. The molecule has 0 spiro atoms. The van der Waals surface area contributed by atoms with Crippen LogP contribution in [-0.2, 0) is 0 Å². The summed E-state index contributed by atoms with van der Waals surface area (Å²) < 4.78 is 1.81. The molecule has 1 aromatic carbocycles. The van der Waals surface area contributed by atoms with Gasteiger partial charge in [-0.05, 0) is 18.6 Å². The predicted octanol–water partition coefficient (Wildman–Crippen LogP) is 2.23. The summed E-state index contributed by atoms with van der Waals surface area (Å²) in [6, 6.07) is 12.0. The first-order valence-corrected chi connectivity index (χ1v) is 6.98. The number of rotatable bonds is 5. The van der Waals surface area contributed by atoms with Gasteiger partial charge in [-0.25, -0.2) is 9.50 Å². The molecule has 0 fully saturated rings. The Morgan fingerprint density at radius 1 is 1.29 bits per heavy atom. The fourth-order valence-corrected chi connectivity index (χ4v) is 2.41. The van der Waals surface area contributed by atoms with E-state index in [2.05, 4.69) is 15.4 Å². The number of anilines is 1. The monoisotopic (exact) mass is 282 g/mol. The minimum Gasteiger partial charge on any atom is -0.396 e. The molecule has 0 saturated heterocycles. The molecule has 0 radical (unpaired) electrons. The average Bonchev–Trinajstić information content (AvgIpc) is 2.90. The second-order valence-electron chi connectivity index (χ2n) is 5.06. The third kappa shape index (κ3) is 2.87. The zero-order valence-corrected chi connectivity index (χ0v) is 11.9. The molecule has 2 N–H and O–H groups in total. The van der Waals surface area contributed by atoms with E-state index in [-0.39, 0.29) is 12.5 Å². The molecule has 21 heavy (non-hydrogen) atoms. The van der Waals surface area contributed by atoms with Crippen LogP contribution in [0.1, 0.15) is 17.2 Å². The molecule has 108 valence electrons. The van der Waals surface area contributed by atoms with Crippen molar-refractivity contribution in [2.24, 2.45) is 0 Å². The first kappa shape index (κ1) is 13.6. The van der Waals surface area contributed by atoms with E-state index in [1.807, 2.05) is 49.5 Å². The number of aromatic nitrogens is 3. The molecular weight excluding hydrogens is 264 g/mol. The lowest BCUT2D eigenvalue weighted by Gasteiger charge is -2.16. The molecule has 0 aliphatic carbocycles. The maximum atomic E-state index is 9.60. The number of benzene rings is 1.